The van der Waals surface area contributed by atoms with Gasteiger partial charge in [-0.05, 0) is 18.8 Å². The first-order chi connectivity index (χ1) is 5.84. The standard InChI is InChI=1S/C9H14N2O/c1-7-4-8(5-7)10-6-9-2-3-11-12-9/h2-3,7-8,10H,4-6H2,1H3. The van der Waals surface area contributed by atoms with Crippen LogP contribution in [0.2, 0.25) is 0 Å². The molecule has 1 aliphatic carbocycles. The highest BCUT2D eigenvalue weighted by atomic mass is 16.5. The Balaban J connectivity index is 1.70. The van der Waals surface area contributed by atoms with Gasteiger partial charge in [-0.15, -0.1) is 0 Å². The Morgan fingerprint density at radius 3 is 3.08 bits per heavy atom. The molecule has 1 aromatic heterocycles. The summed E-state index contributed by atoms with van der Waals surface area (Å²) in [6.45, 7) is 3.10. The van der Waals surface area contributed by atoms with Crippen LogP contribution in [-0.4, -0.2) is 11.2 Å². The third-order valence-corrected chi connectivity index (χ3v) is 2.43. The summed E-state index contributed by atoms with van der Waals surface area (Å²) in [7, 11) is 0. The summed E-state index contributed by atoms with van der Waals surface area (Å²) < 4.78 is 4.97. The molecule has 0 saturated heterocycles. The third-order valence-electron chi connectivity index (χ3n) is 2.43. The summed E-state index contributed by atoms with van der Waals surface area (Å²) in [5.41, 5.74) is 0. The van der Waals surface area contributed by atoms with Gasteiger partial charge in [0.2, 0.25) is 0 Å². The van der Waals surface area contributed by atoms with Crippen molar-refractivity contribution in [1.82, 2.24) is 10.5 Å². The van der Waals surface area contributed by atoms with Gasteiger partial charge < -0.3 is 9.84 Å². The summed E-state index contributed by atoms with van der Waals surface area (Å²) in [5, 5.41) is 7.06. The highest BCUT2D eigenvalue weighted by Gasteiger charge is 2.24. The van der Waals surface area contributed by atoms with E-state index in [1.54, 1.807) is 6.20 Å². The van der Waals surface area contributed by atoms with Crippen molar-refractivity contribution in [2.75, 3.05) is 0 Å². The monoisotopic (exact) mass is 166 g/mol. The molecule has 0 bridgehead atoms. The first-order valence-corrected chi connectivity index (χ1v) is 4.47. The average molecular weight is 166 g/mol. The van der Waals surface area contributed by atoms with Crippen LogP contribution in [0.15, 0.2) is 16.8 Å². The van der Waals surface area contributed by atoms with E-state index in [1.807, 2.05) is 6.07 Å². The molecular formula is C9H14N2O. The van der Waals surface area contributed by atoms with Crippen molar-refractivity contribution in [2.24, 2.45) is 5.92 Å². The normalized spacial score (nSPS) is 28.4. The van der Waals surface area contributed by atoms with E-state index >= 15 is 0 Å². The molecule has 0 aliphatic heterocycles. The lowest BCUT2D eigenvalue weighted by Gasteiger charge is -2.33. The SMILES string of the molecule is CC1CC(NCc2ccno2)C1. The molecule has 2 rings (SSSR count). The molecule has 0 atom stereocenters. The maximum absolute atomic E-state index is 4.97. The highest BCUT2D eigenvalue weighted by molar-refractivity contribution is 4.93. The Labute approximate surface area is 72.1 Å². The third kappa shape index (κ3) is 1.67. The predicted molar refractivity (Wildman–Crippen MR) is 45.5 cm³/mol. The van der Waals surface area contributed by atoms with Crippen LogP contribution in [0, 0.1) is 5.92 Å². The quantitative estimate of drug-likeness (QED) is 0.740. The lowest BCUT2D eigenvalue weighted by atomic mass is 9.82. The van der Waals surface area contributed by atoms with Gasteiger partial charge in [0.25, 0.3) is 0 Å². The Hall–Kier alpha value is -0.830. The number of hydrogen-bond donors (Lipinski definition) is 1. The largest absolute Gasteiger partial charge is 0.360 e. The van der Waals surface area contributed by atoms with Crippen molar-refractivity contribution in [1.29, 1.82) is 0 Å². The van der Waals surface area contributed by atoms with Crippen LogP contribution in [0.25, 0.3) is 0 Å². The molecule has 0 aromatic carbocycles. The zero-order valence-corrected chi connectivity index (χ0v) is 7.29. The number of hydrogen-bond acceptors (Lipinski definition) is 3. The molecule has 0 spiro atoms. The Kier molecular flexibility index (Phi) is 2.13. The summed E-state index contributed by atoms with van der Waals surface area (Å²) in [6.07, 6.45) is 4.28. The minimum atomic E-state index is 0.699. The van der Waals surface area contributed by atoms with Gasteiger partial charge in [-0.1, -0.05) is 12.1 Å². The van der Waals surface area contributed by atoms with E-state index in [-0.39, 0.29) is 0 Å². The molecule has 3 nitrogen and oxygen atoms in total. The Morgan fingerprint density at radius 1 is 1.67 bits per heavy atom. The van der Waals surface area contributed by atoms with Crippen molar-refractivity contribution in [3.8, 4) is 0 Å². The van der Waals surface area contributed by atoms with Gasteiger partial charge in [0, 0.05) is 12.1 Å². The van der Waals surface area contributed by atoms with Gasteiger partial charge in [-0.3, -0.25) is 0 Å². The molecule has 0 radical (unpaired) electrons. The first-order valence-electron chi connectivity index (χ1n) is 4.47. The fourth-order valence-electron chi connectivity index (χ4n) is 1.65. The van der Waals surface area contributed by atoms with E-state index in [0.29, 0.717) is 6.04 Å². The van der Waals surface area contributed by atoms with E-state index in [4.69, 9.17) is 4.52 Å². The maximum atomic E-state index is 4.97. The summed E-state index contributed by atoms with van der Waals surface area (Å²) in [4.78, 5) is 0. The second-order valence-corrected chi connectivity index (χ2v) is 3.63. The van der Waals surface area contributed by atoms with Crippen molar-refractivity contribution >= 4 is 0 Å². The topological polar surface area (TPSA) is 38.1 Å². The molecule has 1 aromatic rings. The van der Waals surface area contributed by atoms with Crippen LogP contribution < -0.4 is 5.32 Å². The van der Waals surface area contributed by atoms with Gasteiger partial charge in [-0.2, -0.15) is 0 Å². The molecule has 0 amide bonds. The van der Waals surface area contributed by atoms with E-state index in [0.717, 1.165) is 18.2 Å². The average Bonchev–Trinajstić information content (AvgIpc) is 2.47. The van der Waals surface area contributed by atoms with Crippen LogP contribution in [0.4, 0.5) is 0 Å². The van der Waals surface area contributed by atoms with Gasteiger partial charge >= 0.3 is 0 Å². The van der Waals surface area contributed by atoms with Crippen LogP contribution in [0.3, 0.4) is 0 Å². The molecule has 1 fully saturated rings. The van der Waals surface area contributed by atoms with Crippen LogP contribution >= 0.6 is 0 Å². The van der Waals surface area contributed by atoms with E-state index in [1.165, 1.54) is 12.8 Å². The van der Waals surface area contributed by atoms with Crippen molar-refractivity contribution in [3.05, 3.63) is 18.0 Å². The number of nitrogens with zero attached hydrogens (tertiary/aromatic N) is 1. The van der Waals surface area contributed by atoms with Gasteiger partial charge in [-0.25, -0.2) is 0 Å². The Morgan fingerprint density at radius 2 is 2.50 bits per heavy atom. The van der Waals surface area contributed by atoms with E-state index in [9.17, 15) is 0 Å². The van der Waals surface area contributed by atoms with E-state index in [2.05, 4.69) is 17.4 Å². The molecular weight excluding hydrogens is 152 g/mol. The van der Waals surface area contributed by atoms with Crippen LogP contribution in [-0.2, 0) is 6.54 Å². The van der Waals surface area contributed by atoms with Crippen molar-refractivity contribution in [2.45, 2.75) is 32.4 Å². The molecule has 1 N–H and O–H groups in total. The van der Waals surface area contributed by atoms with Crippen LogP contribution in [0.5, 0.6) is 0 Å². The molecule has 1 saturated carbocycles. The molecule has 66 valence electrons. The maximum Gasteiger partial charge on any atom is 0.150 e. The zero-order valence-electron chi connectivity index (χ0n) is 7.29. The molecule has 0 unspecified atom stereocenters. The smallest absolute Gasteiger partial charge is 0.150 e. The molecule has 1 aliphatic rings. The van der Waals surface area contributed by atoms with Gasteiger partial charge in [0.05, 0.1) is 12.7 Å². The van der Waals surface area contributed by atoms with E-state index < -0.39 is 0 Å². The number of rotatable bonds is 3. The van der Waals surface area contributed by atoms with Gasteiger partial charge in [0.15, 0.2) is 0 Å². The van der Waals surface area contributed by atoms with Gasteiger partial charge in [0.1, 0.15) is 5.76 Å². The summed E-state index contributed by atoms with van der Waals surface area (Å²) >= 11 is 0. The minimum Gasteiger partial charge on any atom is -0.360 e. The summed E-state index contributed by atoms with van der Waals surface area (Å²) in [6, 6.07) is 2.60. The lowest BCUT2D eigenvalue weighted by Crippen LogP contribution is -2.39. The number of aromatic nitrogens is 1. The summed E-state index contributed by atoms with van der Waals surface area (Å²) in [5.74, 6) is 1.83. The van der Waals surface area contributed by atoms with Crippen molar-refractivity contribution < 1.29 is 4.52 Å². The minimum absolute atomic E-state index is 0.699. The van der Waals surface area contributed by atoms with Crippen LogP contribution in [0.1, 0.15) is 25.5 Å². The second-order valence-electron chi connectivity index (χ2n) is 3.63. The highest BCUT2D eigenvalue weighted by Crippen LogP contribution is 2.26. The predicted octanol–water partition coefficient (Wildman–Crippen LogP) is 1.56. The Bertz CT molecular complexity index is 227. The fourth-order valence-corrected chi connectivity index (χ4v) is 1.65. The molecule has 12 heavy (non-hydrogen) atoms. The molecule has 3 heteroatoms. The number of nitrogens with one attached hydrogen (secondary N) is 1. The fraction of sp³-hybridized carbons (Fsp3) is 0.667. The first kappa shape index (κ1) is 7.80. The lowest BCUT2D eigenvalue weighted by molar-refractivity contribution is 0.232. The molecule has 1 heterocycles. The van der Waals surface area contributed by atoms with Crippen molar-refractivity contribution in [3.63, 3.8) is 0 Å². The zero-order chi connectivity index (χ0) is 8.39. The second kappa shape index (κ2) is 3.27.